The molecule has 0 radical (unpaired) electrons. The molecule has 0 N–H and O–H groups in total. The van der Waals surface area contributed by atoms with Crippen LogP contribution in [0.25, 0.3) is 11.3 Å². The van der Waals surface area contributed by atoms with Gasteiger partial charge in [0.15, 0.2) is 6.20 Å². The van der Waals surface area contributed by atoms with Gasteiger partial charge < -0.3 is 0 Å². The predicted octanol–water partition coefficient (Wildman–Crippen LogP) is 6.85. The molecule has 0 bridgehead atoms. The van der Waals surface area contributed by atoms with Crippen LogP contribution in [0.3, 0.4) is 0 Å². The Kier molecular flexibility index (Phi) is 5.01. The summed E-state index contributed by atoms with van der Waals surface area (Å²) in [5.74, 6) is 0.157. The van der Waals surface area contributed by atoms with Gasteiger partial charge in [0.25, 0.3) is 0 Å². The molecular weight excluding hydrogens is 345 g/mol. The molecule has 0 aliphatic heterocycles. The van der Waals surface area contributed by atoms with Crippen molar-refractivity contribution in [1.82, 2.24) is 0 Å². The quantitative estimate of drug-likeness (QED) is 0.500. The molecule has 0 atom stereocenters. The summed E-state index contributed by atoms with van der Waals surface area (Å²) >= 11 is 0. The van der Waals surface area contributed by atoms with Gasteiger partial charge in [-0.2, -0.15) is 0 Å². The zero-order valence-corrected chi connectivity index (χ0v) is 19.2. The second-order valence-corrected chi connectivity index (χ2v) is 11.3. The Bertz CT molecular complexity index is 883. The Morgan fingerprint density at radius 1 is 1.00 bits per heavy atom. The minimum atomic E-state index is -0.0690. The number of rotatable bonds is 2. The molecule has 2 heteroatoms. The largest absolute Gasteiger partial charge is 0.215 e. The van der Waals surface area contributed by atoms with Crippen molar-refractivity contribution >= 4 is 0 Å². The van der Waals surface area contributed by atoms with Gasteiger partial charge >= 0.3 is 0 Å². The molecule has 2 aromatic rings. The predicted molar refractivity (Wildman–Crippen MR) is 116 cm³/mol. The number of benzene rings is 1. The van der Waals surface area contributed by atoms with E-state index in [0.29, 0.717) is 0 Å². The highest BCUT2D eigenvalue weighted by Gasteiger charge is 2.49. The summed E-state index contributed by atoms with van der Waals surface area (Å²) < 4.78 is 17.6. The first-order valence-electron chi connectivity index (χ1n) is 10.5. The molecule has 28 heavy (non-hydrogen) atoms. The SMILES string of the molecule is Cc1cc(C(C)(C)C)ccc1-c1cc(F)c(C2C(C)(C)CCC2(C)C)c[n+]1C. The van der Waals surface area contributed by atoms with E-state index < -0.39 is 0 Å². The molecule has 0 amide bonds. The molecular formula is C26H37FN+. The first kappa shape index (κ1) is 21.0. The lowest BCUT2D eigenvalue weighted by Crippen LogP contribution is -2.35. The van der Waals surface area contributed by atoms with E-state index in [1.165, 1.54) is 11.1 Å². The van der Waals surface area contributed by atoms with E-state index in [0.717, 1.165) is 29.7 Å². The number of halogens is 1. The third kappa shape index (κ3) is 3.63. The van der Waals surface area contributed by atoms with Gasteiger partial charge in [-0.1, -0.05) is 60.6 Å². The van der Waals surface area contributed by atoms with Crippen LogP contribution in [0.15, 0.2) is 30.5 Å². The monoisotopic (exact) mass is 382 g/mol. The molecule has 152 valence electrons. The lowest BCUT2D eigenvalue weighted by Gasteiger charge is -2.35. The minimum absolute atomic E-state index is 0.0690. The van der Waals surface area contributed by atoms with Crippen molar-refractivity contribution in [2.75, 3.05) is 0 Å². The summed E-state index contributed by atoms with van der Waals surface area (Å²) in [6.45, 7) is 17.9. The van der Waals surface area contributed by atoms with Gasteiger partial charge in [0.2, 0.25) is 5.69 Å². The topological polar surface area (TPSA) is 3.88 Å². The molecule has 0 unspecified atom stereocenters. The van der Waals surface area contributed by atoms with Gasteiger partial charge in [0.1, 0.15) is 12.9 Å². The van der Waals surface area contributed by atoms with Gasteiger partial charge in [0, 0.05) is 17.5 Å². The molecule has 0 saturated heterocycles. The Balaban J connectivity index is 2.09. The summed E-state index contributed by atoms with van der Waals surface area (Å²) in [5.41, 5.74) is 5.74. The Morgan fingerprint density at radius 3 is 2.07 bits per heavy atom. The van der Waals surface area contributed by atoms with Crippen LogP contribution in [-0.4, -0.2) is 0 Å². The summed E-state index contributed by atoms with van der Waals surface area (Å²) in [6, 6.07) is 8.31. The number of aromatic nitrogens is 1. The summed E-state index contributed by atoms with van der Waals surface area (Å²) in [5, 5.41) is 0. The van der Waals surface area contributed by atoms with Gasteiger partial charge in [-0.05, 0) is 53.2 Å². The number of aryl methyl sites for hydroxylation is 2. The second-order valence-electron chi connectivity index (χ2n) is 11.3. The Labute approximate surface area is 171 Å². The number of hydrogen-bond donors (Lipinski definition) is 0. The maximum Gasteiger partial charge on any atom is 0.215 e. The van der Waals surface area contributed by atoms with Crippen LogP contribution in [0.5, 0.6) is 0 Å². The molecule has 1 aliphatic rings. The number of pyridine rings is 1. The fraction of sp³-hybridized carbons (Fsp3) is 0.577. The smallest absolute Gasteiger partial charge is 0.206 e. The normalized spacial score (nSPS) is 19.2. The molecule has 1 heterocycles. The first-order valence-corrected chi connectivity index (χ1v) is 10.5. The van der Waals surface area contributed by atoms with Crippen molar-refractivity contribution < 1.29 is 8.96 Å². The molecule has 3 rings (SSSR count). The van der Waals surface area contributed by atoms with Crippen molar-refractivity contribution in [3.63, 3.8) is 0 Å². The highest BCUT2D eigenvalue weighted by Crippen LogP contribution is 2.59. The second kappa shape index (κ2) is 6.68. The molecule has 1 aromatic heterocycles. The third-order valence-corrected chi connectivity index (χ3v) is 6.91. The van der Waals surface area contributed by atoms with Crippen LogP contribution in [0.1, 0.15) is 83.9 Å². The van der Waals surface area contributed by atoms with Crippen LogP contribution >= 0.6 is 0 Å². The molecule has 1 nitrogen and oxygen atoms in total. The minimum Gasteiger partial charge on any atom is -0.206 e. The zero-order valence-electron chi connectivity index (χ0n) is 19.2. The molecule has 1 aliphatic carbocycles. The lowest BCUT2D eigenvalue weighted by atomic mass is 9.69. The maximum atomic E-state index is 15.4. The van der Waals surface area contributed by atoms with Crippen LogP contribution in [0.4, 0.5) is 4.39 Å². The van der Waals surface area contributed by atoms with Crippen LogP contribution in [-0.2, 0) is 12.5 Å². The van der Waals surface area contributed by atoms with E-state index in [1.54, 1.807) is 6.07 Å². The van der Waals surface area contributed by atoms with Crippen molar-refractivity contribution in [3.05, 3.63) is 53.0 Å². The lowest BCUT2D eigenvalue weighted by molar-refractivity contribution is -0.661. The Hall–Kier alpha value is -1.70. The number of nitrogens with zero attached hydrogens (tertiary/aromatic N) is 1. The van der Waals surface area contributed by atoms with Crippen LogP contribution < -0.4 is 4.57 Å². The van der Waals surface area contributed by atoms with E-state index in [4.69, 9.17) is 0 Å². The third-order valence-electron chi connectivity index (χ3n) is 6.91. The summed E-state index contributed by atoms with van der Waals surface area (Å²) in [4.78, 5) is 0. The average Bonchev–Trinajstić information content (AvgIpc) is 2.77. The van der Waals surface area contributed by atoms with Crippen LogP contribution in [0, 0.1) is 23.6 Å². The van der Waals surface area contributed by atoms with E-state index in [2.05, 4.69) is 78.2 Å². The van der Waals surface area contributed by atoms with Crippen molar-refractivity contribution in [2.45, 2.75) is 79.6 Å². The number of hydrogen-bond acceptors (Lipinski definition) is 0. The van der Waals surface area contributed by atoms with E-state index >= 15 is 4.39 Å². The van der Waals surface area contributed by atoms with Crippen LogP contribution in [0.2, 0.25) is 0 Å². The van der Waals surface area contributed by atoms with Gasteiger partial charge in [-0.25, -0.2) is 8.96 Å². The standard InChI is InChI=1S/C26H37FN/c1-17-14-18(24(2,3)4)10-11-19(17)22-15-21(27)20(16-28(22)9)23-25(5,6)12-13-26(23,7)8/h10-11,14-16,23H,12-13H2,1-9H3/q+1. The fourth-order valence-electron chi connectivity index (χ4n) is 5.38. The highest BCUT2D eigenvalue weighted by atomic mass is 19.1. The molecule has 1 fully saturated rings. The van der Waals surface area contributed by atoms with Crippen molar-refractivity contribution in [2.24, 2.45) is 17.9 Å². The van der Waals surface area contributed by atoms with E-state index in [1.807, 2.05) is 13.2 Å². The van der Waals surface area contributed by atoms with Gasteiger partial charge in [0.05, 0.1) is 5.56 Å². The maximum absolute atomic E-state index is 15.4. The zero-order chi connectivity index (χ0) is 21.1. The van der Waals surface area contributed by atoms with Gasteiger partial charge in [-0.15, -0.1) is 0 Å². The highest BCUT2D eigenvalue weighted by molar-refractivity contribution is 5.62. The molecule has 1 aromatic carbocycles. The first-order chi connectivity index (χ1) is 12.7. The Morgan fingerprint density at radius 2 is 1.57 bits per heavy atom. The fourth-order valence-corrected chi connectivity index (χ4v) is 5.38. The van der Waals surface area contributed by atoms with Crippen molar-refractivity contribution in [1.29, 1.82) is 0 Å². The van der Waals surface area contributed by atoms with Crippen molar-refractivity contribution in [3.8, 4) is 11.3 Å². The molecule has 0 spiro atoms. The average molecular weight is 383 g/mol. The molecule has 1 saturated carbocycles. The van der Waals surface area contributed by atoms with E-state index in [-0.39, 0.29) is 28.0 Å². The summed E-state index contributed by atoms with van der Waals surface area (Å²) in [6.07, 6.45) is 4.33. The summed E-state index contributed by atoms with van der Waals surface area (Å²) in [7, 11) is 2.05. The van der Waals surface area contributed by atoms with Gasteiger partial charge in [-0.3, -0.25) is 0 Å². The van der Waals surface area contributed by atoms with E-state index in [9.17, 15) is 0 Å².